The van der Waals surface area contributed by atoms with Crippen LogP contribution in [0.25, 0.3) is 0 Å². The normalized spacial score (nSPS) is 22.1. The fourth-order valence-electron chi connectivity index (χ4n) is 3.52. The Labute approximate surface area is 115 Å². The van der Waals surface area contributed by atoms with E-state index in [1.807, 2.05) is 0 Å². The van der Waals surface area contributed by atoms with Crippen LogP contribution in [-0.2, 0) is 5.41 Å². The fraction of sp³-hybridized carbons (Fsp3) is 0.333. The third kappa shape index (κ3) is 2.31. The van der Waals surface area contributed by atoms with E-state index in [9.17, 15) is 0 Å². The molecule has 1 atom stereocenters. The molecule has 1 fully saturated rings. The molecular formula is C18H21N. The lowest BCUT2D eigenvalue weighted by Crippen LogP contribution is -2.40. The number of rotatable bonds is 2. The smallest absolute Gasteiger partial charge is 0.0217 e. The standard InChI is InChI=1S/C18H21N/c19-17-12-7-13-18(14-17,15-8-3-1-4-9-15)16-10-5-2-6-11-16/h1-6,8-11,17H,7,12-14,19H2. The highest BCUT2D eigenvalue weighted by Gasteiger charge is 2.38. The molecule has 2 aromatic rings. The summed E-state index contributed by atoms with van der Waals surface area (Å²) in [6, 6.07) is 22.1. The van der Waals surface area contributed by atoms with Gasteiger partial charge in [-0.15, -0.1) is 0 Å². The minimum Gasteiger partial charge on any atom is -0.328 e. The minimum atomic E-state index is 0.111. The van der Waals surface area contributed by atoms with Crippen molar-refractivity contribution in [3.05, 3.63) is 71.8 Å². The molecular weight excluding hydrogens is 230 g/mol. The van der Waals surface area contributed by atoms with Gasteiger partial charge in [0.2, 0.25) is 0 Å². The highest BCUT2D eigenvalue weighted by atomic mass is 14.7. The van der Waals surface area contributed by atoms with Gasteiger partial charge in [0, 0.05) is 11.5 Å². The lowest BCUT2D eigenvalue weighted by Gasteiger charge is -2.41. The molecule has 2 aromatic carbocycles. The number of benzene rings is 2. The first-order valence-electron chi connectivity index (χ1n) is 7.18. The van der Waals surface area contributed by atoms with Gasteiger partial charge in [-0.3, -0.25) is 0 Å². The summed E-state index contributed by atoms with van der Waals surface area (Å²) in [6.45, 7) is 0. The molecule has 1 saturated carbocycles. The van der Waals surface area contributed by atoms with E-state index >= 15 is 0 Å². The molecule has 1 aliphatic rings. The van der Waals surface area contributed by atoms with E-state index in [0.717, 1.165) is 12.8 Å². The van der Waals surface area contributed by atoms with E-state index in [0.29, 0.717) is 6.04 Å². The third-order valence-electron chi connectivity index (χ3n) is 4.44. The number of hydrogen-bond donors (Lipinski definition) is 1. The van der Waals surface area contributed by atoms with Crippen LogP contribution >= 0.6 is 0 Å². The molecule has 0 bridgehead atoms. The van der Waals surface area contributed by atoms with Crippen molar-refractivity contribution in [1.29, 1.82) is 0 Å². The van der Waals surface area contributed by atoms with Crippen molar-refractivity contribution in [1.82, 2.24) is 0 Å². The topological polar surface area (TPSA) is 26.0 Å². The average Bonchev–Trinajstić information content (AvgIpc) is 2.49. The first-order chi connectivity index (χ1) is 9.31. The predicted octanol–water partition coefficient (Wildman–Crippen LogP) is 3.87. The monoisotopic (exact) mass is 251 g/mol. The van der Waals surface area contributed by atoms with E-state index in [4.69, 9.17) is 5.73 Å². The predicted molar refractivity (Wildman–Crippen MR) is 80.1 cm³/mol. The van der Waals surface area contributed by atoms with Crippen molar-refractivity contribution < 1.29 is 0 Å². The average molecular weight is 251 g/mol. The maximum absolute atomic E-state index is 6.29. The molecule has 0 aromatic heterocycles. The zero-order chi connectivity index (χ0) is 13.1. The quantitative estimate of drug-likeness (QED) is 0.861. The first kappa shape index (κ1) is 12.4. The molecule has 1 heteroatoms. The SMILES string of the molecule is NC1CCCC(c2ccccc2)(c2ccccc2)C1. The number of hydrogen-bond acceptors (Lipinski definition) is 1. The van der Waals surface area contributed by atoms with Crippen LogP contribution in [0.5, 0.6) is 0 Å². The van der Waals surface area contributed by atoms with E-state index in [1.54, 1.807) is 0 Å². The molecule has 1 nitrogen and oxygen atoms in total. The van der Waals surface area contributed by atoms with Crippen molar-refractivity contribution in [3.63, 3.8) is 0 Å². The van der Waals surface area contributed by atoms with Gasteiger partial charge in [-0.2, -0.15) is 0 Å². The van der Waals surface area contributed by atoms with Gasteiger partial charge in [0.1, 0.15) is 0 Å². The maximum Gasteiger partial charge on any atom is 0.0217 e. The molecule has 3 rings (SSSR count). The lowest BCUT2D eigenvalue weighted by atomic mass is 9.64. The Morgan fingerprint density at radius 1 is 0.842 bits per heavy atom. The Balaban J connectivity index is 2.11. The molecule has 2 N–H and O–H groups in total. The van der Waals surface area contributed by atoms with Crippen molar-refractivity contribution in [2.45, 2.75) is 37.1 Å². The molecule has 1 aliphatic carbocycles. The Kier molecular flexibility index (Phi) is 3.39. The van der Waals surface area contributed by atoms with Crippen LogP contribution in [0.4, 0.5) is 0 Å². The van der Waals surface area contributed by atoms with Crippen molar-refractivity contribution >= 4 is 0 Å². The summed E-state index contributed by atoms with van der Waals surface area (Å²) in [6.07, 6.45) is 4.63. The second kappa shape index (κ2) is 5.18. The zero-order valence-corrected chi connectivity index (χ0v) is 11.3. The summed E-state index contributed by atoms with van der Waals surface area (Å²) >= 11 is 0. The highest BCUT2D eigenvalue weighted by molar-refractivity contribution is 5.40. The van der Waals surface area contributed by atoms with Gasteiger partial charge in [0.05, 0.1) is 0 Å². The van der Waals surface area contributed by atoms with Gasteiger partial charge in [0.15, 0.2) is 0 Å². The molecule has 0 aliphatic heterocycles. The van der Waals surface area contributed by atoms with E-state index in [2.05, 4.69) is 60.7 Å². The molecule has 0 amide bonds. The minimum absolute atomic E-state index is 0.111. The molecule has 1 unspecified atom stereocenters. The van der Waals surface area contributed by atoms with Crippen LogP contribution in [0.1, 0.15) is 36.8 Å². The van der Waals surface area contributed by atoms with Gasteiger partial charge in [-0.25, -0.2) is 0 Å². The summed E-state index contributed by atoms with van der Waals surface area (Å²) in [7, 11) is 0. The second-order valence-electron chi connectivity index (χ2n) is 5.67. The molecule has 0 radical (unpaired) electrons. The van der Waals surface area contributed by atoms with Crippen molar-refractivity contribution in [3.8, 4) is 0 Å². The van der Waals surface area contributed by atoms with Gasteiger partial charge < -0.3 is 5.73 Å². The van der Waals surface area contributed by atoms with Crippen LogP contribution < -0.4 is 5.73 Å². The van der Waals surface area contributed by atoms with E-state index < -0.39 is 0 Å². The fourth-order valence-corrected chi connectivity index (χ4v) is 3.52. The Morgan fingerprint density at radius 3 is 1.84 bits per heavy atom. The van der Waals surface area contributed by atoms with Gasteiger partial charge in [-0.05, 0) is 30.4 Å². The van der Waals surface area contributed by atoms with E-state index in [1.165, 1.54) is 24.0 Å². The Bertz CT molecular complexity index is 478. The number of nitrogens with two attached hydrogens (primary N) is 1. The molecule has 0 heterocycles. The highest BCUT2D eigenvalue weighted by Crippen LogP contribution is 2.44. The largest absolute Gasteiger partial charge is 0.328 e. The Hall–Kier alpha value is -1.60. The summed E-state index contributed by atoms with van der Waals surface area (Å²) in [5.74, 6) is 0. The summed E-state index contributed by atoms with van der Waals surface area (Å²) in [4.78, 5) is 0. The summed E-state index contributed by atoms with van der Waals surface area (Å²) < 4.78 is 0. The van der Waals surface area contributed by atoms with Gasteiger partial charge in [-0.1, -0.05) is 67.1 Å². The van der Waals surface area contributed by atoms with Crippen LogP contribution in [0.15, 0.2) is 60.7 Å². The van der Waals surface area contributed by atoms with Crippen LogP contribution in [-0.4, -0.2) is 6.04 Å². The second-order valence-corrected chi connectivity index (χ2v) is 5.67. The van der Waals surface area contributed by atoms with Crippen LogP contribution in [0.3, 0.4) is 0 Å². The molecule has 98 valence electrons. The van der Waals surface area contributed by atoms with Crippen molar-refractivity contribution in [2.75, 3.05) is 0 Å². The van der Waals surface area contributed by atoms with Crippen molar-refractivity contribution in [2.24, 2.45) is 5.73 Å². The lowest BCUT2D eigenvalue weighted by molar-refractivity contribution is 0.311. The van der Waals surface area contributed by atoms with E-state index in [-0.39, 0.29) is 5.41 Å². The van der Waals surface area contributed by atoms with Gasteiger partial charge >= 0.3 is 0 Å². The van der Waals surface area contributed by atoms with Crippen LogP contribution in [0.2, 0.25) is 0 Å². The molecule has 0 spiro atoms. The Morgan fingerprint density at radius 2 is 1.37 bits per heavy atom. The molecule has 19 heavy (non-hydrogen) atoms. The van der Waals surface area contributed by atoms with Gasteiger partial charge in [0.25, 0.3) is 0 Å². The summed E-state index contributed by atoms with van der Waals surface area (Å²) in [5, 5.41) is 0. The molecule has 0 saturated heterocycles. The maximum atomic E-state index is 6.29. The third-order valence-corrected chi connectivity index (χ3v) is 4.44. The zero-order valence-electron chi connectivity index (χ0n) is 11.3. The summed E-state index contributed by atoms with van der Waals surface area (Å²) in [5.41, 5.74) is 9.22. The van der Waals surface area contributed by atoms with Crippen LogP contribution in [0, 0.1) is 0 Å². The first-order valence-corrected chi connectivity index (χ1v) is 7.18.